The van der Waals surface area contributed by atoms with Crippen LogP contribution in [0, 0.1) is 0 Å². The lowest BCUT2D eigenvalue weighted by atomic mass is 10.1. The number of tetrazole rings is 1. The number of nitrogens with one attached hydrogen (secondary N) is 1. The van der Waals surface area contributed by atoms with Crippen molar-refractivity contribution < 1.29 is 29.0 Å². The summed E-state index contributed by atoms with van der Waals surface area (Å²) in [6.45, 7) is -0.498. The normalized spacial score (nSPS) is 11.4. The van der Waals surface area contributed by atoms with Gasteiger partial charge in [0.25, 0.3) is 0 Å². The maximum Gasteiger partial charge on any atom is 0.408 e. The molecule has 0 radical (unpaired) electrons. The van der Waals surface area contributed by atoms with Crippen LogP contribution in [-0.2, 0) is 34.1 Å². The molecular formula is C21H20ClN5O6. The number of hydrogen-bond donors (Lipinski definition) is 2. The van der Waals surface area contributed by atoms with Gasteiger partial charge in [0.15, 0.2) is 11.6 Å². The van der Waals surface area contributed by atoms with Crippen molar-refractivity contribution in [3.8, 4) is 5.75 Å². The summed E-state index contributed by atoms with van der Waals surface area (Å²) in [5.41, 5.74) is 0.741. The minimum absolute atomic E-state index is 0.0306. The highest BCUT2D eigenvalue weighted by atomic mass is 35.5. The number of carbonyl (C=O) groups excluding carboxylic acids is 2. The number of carbonyl (C=O) groups is 3. The smallest absolute Gasteiger partial charge is 0.408 e. The lowest BCUT2D eigenvalue weighted by Gasteiger charge is -2.16. The summed E-state index contributed by atoms with van der Waals surface area (Å²) >= 11 is 6.05. The average Bonchev–Trinajstić information content (AvgIpc) is 3.24. The van der Waals surface area contributed by atoms with Crippen LogP contribution >= 0.6 is 11.6 Å². The number of aliphatic carboxylic acids is 1. The first kappa shape index (κ1) is 23.7. The summed E-state index contributed by atoms with van der Waals surface area (Å²) in [7, 11) is 0. The number of para-hydroxylation sites is 1. The molecule has 1 unspecified atom stereocenters. The van der Waals surface area contributed by atoms with Gasteiger partial charge < -0.3 is 19.9 Å². The van der Waals surface area contributed by atoms with E-state index in [1.54, 1.807) is 48.5 Å². The van der Waals surface area contributed by atoms with Crippen LogP contribution in [-0.4, -0.2) is 49.2 Å². The van der Waals surface area contributed by atoms with E-state index >= 15 is 0 Å². The van der Waals surface area contributed by atoms with Gasteiger partial charge in [-0.25, -0.2) is 9.48 Å². The summed E-state index contributed by atoms with van der Waals surface area (Å²) in [4.78, 5) is 36.1. The van der Waals surface area contributed by atoms with Crippen LogP contribution in [0.1, 0.15) is 17.8 Å². The zero-order chi connectivity index (χ0) is 23.6. The fraction of sp³-hybridized carbons (Fsp3) is 0.238. The van der Waals surface area contributed by atoms with E-state index in [0.29, 0.717) is 10.8 Å². The zero-order valence-electron chi connectivity index (χ0n) is 17.3. The summed E-state index contributed by atoms with van der Waals surface area (Å²) in [5, 5.41) is 22.9. The quantitative estimate of drug-likeness (QED) is 0.428. The highest BCUT2D eigenvalue weighted by Crippen LogP contribution is 2.23. The molecule has 3 rings (SSSR count). The van der Waals surface area contributed by atoms with E-state index < -0.39 is 30.3 Å². The van der Waals surface area contributed by atoms with Crippen molar-refractivity contribution in [2.45, 2.75) is 32.2 Å². The number of hydrogen-bond acceptors (Lipinski definition) is 8. The highest BCUT2D eigenvalue weighted by Gasteiger charge is 2.26. The highest BCUT2D eigenvalue weighted by molar-refractivity contribution is 6.32. The fourth-order valence-corrected chi connectivity index (χ4v) is 2.93. The molecule has 12 heteroatoms. The number of ether oxygens (including phenoxy) is 2. The molecule has 1 heterocycles. The average molecular weight is 474 g/mol. The molecule has 1 atom stereocenters. The minimum Gasteiger partial charge on any atom is -0.484 e. The van der Waals surface area contributed by atoms with Crippen molar-refractivity contribution in [1.82, 2.24) is 25.5 Å². The monoisotopic (exact) mass is 473 g/mol. The summed E-state index contributed by atoms with van der Waals surface area (Å²) in [6.07, 6.45) is -1.55. The van der Waals surface area contributed by atoms with E-state index in [2.05, 4.69) is 20.8 Å². The number of ketones is 1. The first-order valence-corrected chi connectivity index (χ1v) is 10.1. The van der Waals surface area contributed by atoms with Crippen LogP contribution in [0.5, 0.6) is 5.75 Å². The van der Waals surface area contributed by atoms with Gasteiger partial charge in [-0.3, -0.25) is 9.59 Å². The molecule has 0 aliphatic rings. The Kier molecular flexibility index (Phi) is 8.30. The molecule has 0 aliphatic heterocycles. The van der Waals surface area contributed by atoms with Crippen LogP contribution in [0.15, 0.2) is 54.6 Å². The Balaban J connectivity index is 1.59. The Labute approximate surface area is 193 Å². The number of rotatable bonds is 11. The van der Waals surface area contributed by atoms with Crippen molar-refractivity contribution in [2.24, 2.45) is 0 Å². The molecule has 3 aromatic rings. The van der Waals surface area contributed by atoms with Crippen LogP contribution in [0.25, 0.3) is 0 Å². The molecule has 0 saturated carbocycles. The molecule has 172 valence electrons. The summed E-state index contributed by atoms with van der Waals surface area (Å²) < 4.78 is 11.8. The van der Waals surface area contributed by atoms with E-state index in [-0.39, 0.29) is 25.6 Å². The third-order valence-corrected chi connectivity index (χ3v) is 4.69. The maximum absolute atomic E-state index is 12.7. The number of aromatic nitrogens is 4. The van der Waals surface area contributed by atoms with Gasteiger partial charge in [0.2, 0.25) is 0 Å². The molecular weight excluding hydrogens is 454 g/mol. The number of alkyl carbamates (subject to hydrolysis) is 1. The van der Waals surface area contributed by atoms with E-state index in [0.717, 1.165) is 10.2 Å². The zero-order valence-corrected chi connectivity index (χ0v) is 18.0. The van der Waals surface area contributed by atoms with Crippen LogP contribution in [0.4, 0.5) is 4.79 Å². The predicted molar refractivity (Wildman–Crippen MR) is 114 cm³/mol. The second-order valence-corrected chi connectivity index (χ2v) is 7.20. The van der Waals surface area contributed by atoms with Gasteiger partial charge in [0.1, 0.15) is 31.5 Å². The molecule has 1 aromatic heterocycles. The Morgan fingerprint density at radius 2 is 1.79 bits per heavy atom. The first-order valence-electron chi connectivity index (χ1n) is 9.76. The number of amides is 1. The molecule has 1 amide bonds. The molecule has 2 aromatic carbocycles. The Bertz CT molecular complexity index is 1110. The summed E-state index contributed by atoms with van der Waals surface area (Å²) in [6, 6.07) is 14.4. The number of nitrogens with zero attached hydrogens (tertiary/aromatic N) is 4. The lowest BCUT2D eigenvalue weighted by molar-refractivity contribution is -0.139. The van der Waals surface area contributed by atoms with Crippen LogP contribution in [0.3, 0.4) is 0 Å². The van der Waals surface area contributed by atoms with Crippen molar-refractivity contribution in [2.75, 3.05) is 0 Å². The third kappa shape index (κ3) is 7.28. The van der Waals surface area contributed by atoms with Gasteiger partial charge >= 0.3 is 12.1 Å². The number of carboxylic acid groups (broad SMARTS) is 1. The van der Waals surface area contributed by atoms with Gasteiger partial charge in [-0.2, -0.15) is 0 Å². The first-order chi connectivity index (χ1) is 15.9. The molecule has 0 spiro atoms. The van der Waals surface area contributed by atoms with Gasteiger partial charge in [0, 0.05) is 0 Å². The molecule has 0 saturated heterocycles. The van der Waals surface area contributed by atoms with E-state index in [1.807, 2.05) is 6.07 Å². The van der Waals surface area contributed by atoms with Gasteiger partial charge in [0.05, 0.1) is 11.4 Å². The third-order valence-electron chi connectivity index (χ3n) is 4.38. The van der Waals surface area contributed by atoms with Crippen LogP contribution < -0.4 is 10.1 Å². The molecule has 11 nitrogen and oxygen atoms in total. The number of benzene rings is 2. The Morgan fingerprint density at radius 3 is 2.52 bits per heavy atom. The molecule has 33 heavy (non-hydrogen) atoms. The topological polar surface area (TPSA) is 146 Å². The molecule has 0 aliphatic carbocycles. The van der Waals surface area contributed by atoms with Crippen molar-refractivity contribution in [3.05, 3.63) is 71.0 Å². The molecule has 0 bridgehead atoms. The standard InChI is InChI=1S/C21H20ClN5O6/c22-15-8-4-5-9-18(15)32-13-19-24-25-26-27(19)11-17(28)16(10-20(29)30)23-21(31)33-12-14-6-2-1-3-7-14/h1-9,16H,10-13H2,(H,23,31)(H,29,30). The fourth-order valence-electron chi connectivity index (χ4n) is 2.74. The van der Waals surface area contributed by atoms with E-state index in [1.165, 1.54) is 0 Å². The second-order valence-electron chi connectivity index (χ2n) is 6.79. The van der Waals surface area contributed by atoms with Crippen LogP contribution in [0.2, 0.25) is 5.02 Å². The lowest BCUT2D eigenvalue weighted by Crippen LogP contribution is -2.44. The van der Waals surface area contributed by atoms with Crippen molar-refractivity contribution >= 4 is 29.4 Å². The van der Waals surface area contributed by atoms with Gasteiger partial charge in [-0.05, 0) is 28.1 Å². The second kappa shape index (κ2) is 11.6. The van der Waals surface area contributed by atoms with Gasteiger partial charge in [-0.1, -0.05) is 54.1 Å². The molecule has 2 N–H and O–H groups in total. The number of carboxylic acids is 1. The number of halogens is 1. The van der Waals surface area contributed by atoms with Crippen molar-refractivity contribution in [1.29, 1.82) is 0 Å². The molecule has 0 fully saturated rings. The SMILES string of the molecule is O=C(O)CC(NC(=O)OCc1ccccc1)C(=O)Cn1nnnc1COc1ccccc1Cl. The Morgan fingerprint density at radius 1 is 1.06 bits per heavy atom. The van der Waals surface area contributed by atoms with Gasteiger partial charge in [-0.15, -0.1) is 5.10 Å². The Hall–Kier alpha value is -3.99. The van der Waals surface area contributed by atoms with E-state index in [9.17, 15) is 14.4 Å². The minimum atomic E-state index is -1.34. The maximum atomic E-state index is 12.7. The summed E-state index contributed by atoms with van der Waals surface area (Å²) in [5.74, 6) is -1.27. The van der Waals surface area contributed by atoms with Crippen molar-refractivity contribution in [3.63, 3.8) is 0 Å². The number of Topliss-reactive ketones (excluding diaryl/α,β-unsaturated/α-hetero) is 1. The van der Waals surface area contributed by atoms with E-state index in [4.69, 9.17) is 26.2 Å². The largest absolute Gasteiger partial charge is 0.484 e. The predicted octanol–water partition coefficient (Wildman–Crippen LogP) is 2.24.